The first-order valence-corrected chi connectivity index (χ1v) is 10.1. The summed E-state index contributed by atoms with van der Waals surface area (Å²) in [6.07, 6.45) is 0. The highest BCUT2D eigenvalue weighted by atomic mass is 35.5. The van der Waals surface area contributed by atoms with Crippen LogP contribution in [0.1, 0.15) is 18.5 Å². The molecule has 1 atom stereocenters. The summed E-state index contributed by atoms with van der Waals surface area (Å²) in [5.74, 6) is 1.46. The maximum absolute atomic E-state index is 12.6. The van der Waals surface area contributed by atoms with Gasteiger partial charge in [0.2, 0.25) is 5.91 Å². The van der Waals surface area contributed by atoms with Crippen molar-refractivity contribution >= 4 is 23.2 Å². The molecule has 0 bridgehead atoms. The van der Waals surface area contributed by atoms with Gasteiger partial charge in [0.15, 0.2) is 0 Å². The number of nitrogens with one attached hydrogen (secondary N) is 1. The summed E-state index contributed by atoms with van der Waals surface area (Å²) >= 11 is 6.30. The predicted molar refractivity (Wildman–Crippen MR) is 116 cm³/mol. The van der Waals surface area contributed by atoms with Crippen LogP contribution in [0.3, 0.4) is 0 Å². The Morgan fingerprint density at radius 2 is 1.83 bits per heavy atom. The molecule has 29 heavy (non-hydrogen) atoms. The second-order valence-corrected chi connectivity index (χ2v) is 7.52. The summed E-state index contributed by atoms with van der Waals surface area (Å²) in [7, 11) is 3.25. The van der Waals surface area contributed by atoms with Crippen molar-refractivity contribution in [1.82, 2.24) is 10.2 Å². The predicted octanol–water partition coefficient (Wildman–Crippen LogP) is 3.36. The zero-order valence-corrected chi connectivity index (χ0v) is 17.9. The molecule has 3 rings (SSSR count). The normalized spacial score (nSPS) is 15.7. The number of carbonyl (C=O) groups excluding carboxylic acids is 1. The zero-order chi connectivity index (χ0) is 20.8. The first kappa shape index (κ1) is 21.3. The molecule has 2 aromatic carbocycles. The van der Waals surface area contributed by atoms with Gasteiger partial charge in [-0.15, -0.1) is 0 Å². The van der Waals surface area contributed by atoms with Crippen molar-refractivity contribution in [2.75, 3.05) is 51.8 Å². The molecule has 1 N–H and O–H groups in total. The molecule has 0 aromatic heterocycles. The standard InChI is InChI=1S/C22H28ClN3O3/c1-16(18-14-17(28-2)8-9-21(18)29-3)24-22(27)15-25-10-12-26(13-11-25)20-7-5-4-6-19(20)23/h4-9,14,16H,10-13,15H2,1-3H3,(H,24,27). The van der Waals surface area contributed by atoms with E-state index in [1.165, 1.54) is 0 Å². The molecular formula is C22H28ClN3O3. The van der Waals surface area contributed by atoms with Crippen LogP contribution in [0.15, 0.2) is 42.5 Å². The van der Waals surface area contributed by atoms with Crippen LogP contribution in [0.25, 0.3) is 0 Å². The second kappa shape index (κ2) is 9.85. The second-order valence-electron chi connectivity index (χ2n) is 7.11. The van der Waals surface area contributed by atoms with Crippen LogP contribution < -0.4 is 19.7 Å². The van der Waals surface area contributed by atoms with Gasteiger partial charge in [-0.1, -0.05) is 23.7 Å². The Kier molecular flexibility index (Phi) is 7.23. The third kappa shape index (κ3) is 5.34. The van der Waals surface area contributed by atoms with Gasteiger partial charge in [0, 0.05) is 31.7 Å². The van der Waals surface area contributed by atoms with Gasteiger partial charge in [0.25, 0.3) is 0 Å². The van der Waals surface area contributed by atoms with Crippen molar-refractivity contribution < 1.29 is 14.3 Å². The maximum atomic E-state index is 12.6. The third-order valence-electron chi connectivity index (χ3n) is 5.21. The fourth-order valence-corrected chi connectivity index (χ4v) is 3.86. The molecule has 2 aromatic rings. The summed E-state index contributed by atoms with van der Waals surface area (Å²) < 4.78 is 10.7. The molecular weight excluding hydrogens is 390 g/mol. The van der Waals surface area contributed by atoms with Gasteiger partial charge in [-0.25, -0.2) is 0 Å². The topological polar surface area (TPSA) is 54.0 Å². The highest BCUT2D eigenvalue weighted by Gasteiger charge is 2.22. The molecule has 0 spiro atoms. The van der Waals surface area contributed by atoms with E-state index in [0.29, 0.717) is 6.54 Å². The van der Waals surface area contributed by atoms with Crippen molar-refractivity contribution in [3.05, 3.63) is 53.1 Å². The largest absolute Gasteiger partial charge is 0.497 e. The van der Waals surface area contributed by atoms with Gasteiger partial charge in [0.05, 0.1) is 37.5 Å². The van der Waals surface area contributed by atoms with E-state index in [1.54, 1.807) is 14.2 Å². The Bertz CT molecular complexity index is 838. The summed E-state index contributed by atoms with van der Waals surface area (Å²) in [5, 5.41) is 3.83. The maximum Gasteiger partial charge on any atom is 0.234 e. The van der Waals surface area contributed by atoms with Crippen molar-refractivity contribution in [2.24, 2.45) is 0 Å². The van der Waals surface area contributed by atoms with Crippen LogP contribution in [-0.4, -0.2) is 57.8 Å². The smallest absolute Gasteiger partial charge is 0.234 e. The third-order valence-corrected chi connectivity index (χ3v) is 5.53. The van der Waals surface area contributed by atoms with Crippen molar-refractivity contribution in [2.45, 2.75) is 13.0 Å². The lowest BCUT2D eigenvalue weighted by Crippen LogP contribution is -2.49. The fourth-order valence-electron chi connectivity index (χ4n) is 3.60. The zero-order valence-electron chi connectivity index (χ0n) is 17.2. The first-order valence-electron chi connectivity index (χ1n) is 9.75. The van der Waals surface area contributed by atoms with Gasteiger partial charge in [0.1, 0.15) is 11.5 Å². The molecule has 1 unspecified atom stereocenters. The number of methoxy groups -OCH3 is 2. The molecule has 6 nitrogen and oxygen atoms in total. The Balaban J connectivity index is 1.53. The van der Waals surface area contributed by atoms with E-state index < -0.39 is 0 Å². The highest BCUT2D eigenvalue weighted by molar-refractivity contribution is 6.33. The number of nitrogens with zero attached hydrogens (tertiary/aromatic N) is 2. The Labute approximate surface area is 177 Å². The fraction of sp³-hybridized carbons (Fsp3) is 0.409. The molecule has 0 aliphatic carbocycles. The van der Waals surface area contributed by atoms with E-state index in [4.69, 9.17) is 21.1 Å². The molecule has 1 aliphatic rings. The molecule has 1 aliphatic heterocycles. The lowest BCUT2D eigenvalue weighted by molar-refractivity contribution is -0.123. The molecule has 7 heteroatoms. The summed E-state index contributed by atoms with van der Waals surface area (Å²) in [4.78, 5) is 17.0. The number of benzene rings is 2. The number of rotatable bonds is 7. The van der Waals surface area contributed by atoms with Crippen LogP contribution in [0.4, 0.5) is 5.69 Å². The molecule has 1 saturated heterocycles. The minimum Gasteiger partial charge on any atom is -0.497 e. The van der Waals surface area contributed by atoms with Crippen LogP contribution >= 0.6 is 11.6 Å². The lowest BCUT2D eigenvalue weighted by Gasteiger charge is -2.36. The van der Waals surface area contributed by atoms with E-state index in [1.807, 2.05) is 49.4 Å². The number of ether oxygens (including phenoxy) is 2. The van der Waals surface area contributed by atoms with E-state index in [0.717, 1.165) is 54.0 Å². The van der Waals surface area contributed by atoms with Crippen LogP contribution in [0.2, 0.25) is 5.02 Å². The number of piperazine rings is 1. The molecule has 1 amide bonds. The number of anilines is 1. The van der Waals surface area contributed by atoms with E-state index >= 15 is 0 Å². The summed E-state index contributed by atoms with van der Waals surface area (Å²) in [5.41, 5.74) is 1.95. The number of para-hydroxylation sites is 1. The van der Waals surface area contributed by atoms with Gasteiger partial charge in [-0.2, -0.15) is 0 Å². The Hall–Kier alpha value is -2.44. The lowest BCUT2D eigenvalue weighted by atomic mass is 10.1. The van der Waals surface area contributed by atoms with Crippen molar-refractivity contribution in [3.8, 4) is 11.5 Å². The summed E-state index contributed by atoms with van der Waals surface area (Å²) in [6.45, 7) is 5.63. The van der Waals surface area contributed by atoms with Gasteiger partial charge in [-0.3, -0.25) is 9.69 Å². The van der Waals surface area contributed by atoms with E-state index in [9.17, 15) is 4.79 Å². The van der Waals surface area contributed by atoms with Crippen LogP contribution in [0.5, 0.6) is 11.5 Å². The van der Waals surface area contributed by atoms with Crippen LogP contribution in [0, 0.1) is 0 Å². The van der Waals surface area contributed by atoms with Gasteiger partial charge >= 0.3 is 0 Å². The quantitative estimate of drug-likeness (QED) is 0.748. The van der Waals surface area contributed by atoms with Gasteiger partial charge < -0.3 is 19.7 Å². The average Bonchev–Trinajstić information content (AvgIpc) is 2.74. The minimum absolute atomic E-state index is 0.00596. The SMILES string of the molecule is COc1ccc(OC)c(C(C)NC(=O)CN2CCN(c3ccccc3Cl)CC2)c1. The van der Waals surface area contributed by atoms with Crippen molar-refractivity contribution in [3.63, 3.8) is 0 Å². The minimum atomic E-state index is -0.183. The van der Waals surface area contributed by atoms with Crippen molar-refractivity contribution in [1.29, 1.82) is 0 Å². The Morgan fingerprint density at radius 3 is 2.48 bits per heavy atom. The summed E-state index contributed by atoms with van der Waals surface area (Å²) in [6, 6.07) is 13.3. The van der Waals surface area contributed by atoms with Gasteiger partial charge in [-0.05, 0) is 37.3 Å². The first-order chi connectivity index (χ1) is 14.0. The molecule has 156 valence electrons. The van der Waals surface area contributed by atoms with Crippen LogP contribution in [-0.2, 0) is 4.79 Å². The molecule has 1 heterocycles. The Morgan fingerprint density at radius 1 is 1.10 bits per heavy atom. The monoisotopic (exact) mass is 417 g/mol. The van der Waals surface area contributed by atoms with E-state index in [2.05, 4.69) is 15.1 Å². The number of halogens is 1. The number of hydrogen-bond donors (Lipinski definition) is 1. The highest BCUT2D eigenvalue weighted by Crippen LogP contribution is 2.29. The number of carbonyl (C=O) groups is 1. The molecule has 1 fully saturated rings. The number of hydrogen-bond acceptors (Lipinski definition) is 5. The number of amides is 1. The van der Waals surface area contributed by atoms with E-state index in [-0.39, 0.29) is 11.9 Å². The average molecular weight is 418 g/mol. The molecule has 0 radical (unpaired) electrons. The molecule has 0 saturated carbocycles.